The van der Waals surface area contributed by atoms with E-state index in [1.165, 1.54) is 11.8 Å². The molecule has 1 aliphatic rings. The monoisotopic (exact) mass is 475 g/mol. The number of nitrogens with one attached hydrogen (secondary N) is 3. The molecule has 3 amide bonds. The topological polar surface area (TPSA) is 158 Å². The van der Waals surface area contributed by atoms with Crippen LogP contribution in [0.25, 0.3) is 10.9 Å². The molecule has 10 nitrogen and oxygen atoms in total. The Balaban J connectivity index is 1.78. The van der Waals surface area contributed by atoms with Crippen molar-refractivity contribution in [2.75, 3.05) is 12.3 Å². The third kappa shape index (κ3) is 5.66. The van der Waals surface area contributed by atoms with E-state index in [2.05, 4.69) is 28.2 Å². The smallest absolute Gasteiger partial charge is 0.326 e. The van der Waals surface area contributed by atoms with Crippen molar-refractivity contribution < 1.29 is 24.3 Å². The number of hydrogen-bond donors (Lipinski definition) is 6. The van der Waals surface area contributed by atoms with Crippen LogP contribution >= 0.6 is 12.6 Å². The number of rotatable bonds is 9. The van der Waals surface area contributed by atoms with Gasteiger partial charge in [0.05, 0.1) is 6.04 Å². The second-order valence-electron chi connectivity index (χ2n) is 8.19. The number of carbonyl (C=O) groups is 4. The van der Waals surface area contributed by atoms with Gasteiger partial charge in [0, 0.05) is 35.8 Å². The molecule has 1 aromatic carbocycles. The van der Waals surface area contributed by atoms with Gasteiger partial charge in [0.15, 0.2) is 0 Å². The summed E-state index contributed by atoms with van der Waals surface area (Å²) in [7, 11) is 0. The van der Waals surface area contributed by atoms with Crippen molar-refractivity contribution in [3.63, 3.8) is 0 Å². The van der Waals surface area contributed by atoms with E-state index in [0.717, 1.165) is 16.5 Å². The van der Waals surface area contributed by atoms with Crippen molar-refractivity contribution in [1.29, 1.82) is 0 Å². The molecule has 4 unspecified atom stereocenters. The number of H-pyrrole nitrogens is 1. The maximum Gasteiger partial charge on any atom is 0.326 e. The Morgan fingerprint density at radius 3 is 2.58 bits per heavy atom. The van der Waals surface area contributed by atoms with E-state index in [4.69, 9.17) is 5.73 Å². The Morgan fingerprint density at radius 2 is 1.91 bits per heavy atom. The maximum absolute atomic E-state index is 13.2. The lowest BCUT2D eigenvalue weighted by molar-refractivity contribution is -0.149. The normalized spacial score (nSPS) is 18.5. The van der Waals surface area contributed by atoms with Gasteiger partial charge in [0.1, 0.15) is 18.1 Å². The molecule has 11 heteroatoms. The molecule has 0 radical (unpaired) electrons. The second-order valence-corrected chi connectivity index (χ2v) is 8.55. The van der Waals surface area contributed by atoms with Gasteiger partial charge in [-0.1, -0.05) is 18.2 Å². The number of para-hydroxylation sites is 1. The highest BCUT2D eigenvalue weighted by Crippen LogP contribution is 2.20. The summed E-state index contributed by atoms with van der Waals surface area (Å²) in [6.45, 7) is 1.81. The number of nitrogens with two attached hydrogens (primary N) is 1. The highest BCUT2D eigenvalue weighted by molar-refractivity contribution is 7.80. The molecule has 2 heterocycles. The van der Waals surface area contributed by atoms with Crippen molar-refractivity contribution in [1.82, 2.24) is 20.5 Å². The Hall–Kier alpha value is -3.05. The molecule has 0 saturated carbocycles. The molecule has 0 bridgehead atoms. The SMILES string of the molecule is CC(N)C(=O)NC(Cc1c[nH]c2ccccc12)C(=O)NC(CS)C(=O)N1CCCC1C(=O)O. The van der Waals surface area contributed by atoms with E-state index < -0.39 is 47.9 Å². The number of benzene rings is 1. The molecule has 4 atom stereocenters. The van der Waals surface area contributed by atoms with Crippen LogP contribution in [0.15, 0.2) is 30.5 Å². The van der Waals surface area contributed by atoms with Gasteiger partial charge >= 0.3 is 5.97 Å². The summed E-state index contributed by atoms with van der Waals surface area (Å²) in [5.74, 6) is -2.69. The number of aromatic nitrogens is 1. The number of fused-ring (bicyclic) bond motifs is 1. The lowest BCUT2D eigenvalue weighted by atomic mass is 10.0. The van der Waals surface area contributed by atoms with Crippen molar-refractivity contribution in [2.24, 2.45) is 5.73 Å². The molecule has 0 spiro atoms. The first kappa shape index (κ1) is 24.6. The standard InChI is InChI=1S/C22H29N5O5S/c1-12(23)19(28)25-16(9-13-10-24-15-6-3-2-5-14(13)15)20(29)26-17(11-33)21(30)27-8-4-7-18(27)22(31)32/h2-3,5-6,10,12,16-18,24,33H,4,7-9,11,23H2,1H3,(H,25,28)(H,26,29)(H,31,32). The lowest BCUT2D eigenvalue weighted by Gasteiger charge is -2.28. The van der Waals surface area contributed by atoms with Crippen molar-refractivity contribution in [2.45, 2.75) is 50.4 Å². The highest BCUT2D eigenvalue weighted by Gasteiger charge is 2.38. The van der Waals surface area contributed by atoms with Crippen LogP contribution < -0.4 is 16.4 Å². The minimum atomic E-state index is -1.08. The average Bonchev–Trinajstić information content (AvgIpc) is 3.44. The first-order valence-corrected chi connectivity index (χ1v) is 11.4. The Labute approximate surface area is 196 Å². The van der Waals surface area contributed by atoms with Crippen molar-refractivity contribution in [3.8, 4) is 0 Å². The van der Waals surface area contributed by atoms with E-state index in [-0.39, 0.29) is 12.2 Å². The second kappa shape index (κ2) is 10.7. The quantitative estimate of drug-likeness (QED) is 0.281. The number of hydrogen-bond acceptors (Lipinski definition) is 6. The third-order valence-corrected chi connectivity index (χ3v) is 6.13. The molecular weight excluding hydrogens is 446 g/mol. The first-order valence-electron chi connectivity index (χ1n) is 10.8. The molecule has 1 aromatic heterocycles. The average molecular weight is 476 g/mol. The summed E-state index contributed by atoms with van der Waals surface area (Å²) >= 11 is 4.19. The number of amides is 3. The van der Waals surface area contributed by atoms with Crippen LogP contribution in [0.3, 0.4) is 0 Å². The van der Waals surface area contributed by atoms with Gasteiger partial charge in [-0.25, -0.2) is 4.79 Å². The highest BCUT2D eigenvalue weighted by atomic mass is 32.1. The minimum absolute atomic E-state index is 0.0194. The minimum Gasteiger partial charge on any atom is -0.480 e. The van der Waals surface area contributed by atoms with Gasteiger partial charge in [0.25, 0.3) is 0 Å². The van der Waals surface area contributed by atoms with Gasteiger partial charge < -0.3 is 31.4 Å². The summed E-state index contributed by atoms with van der Waals surface area (Å²) in [5.41, 5.74) is 7.38. The van der Waals surface area contributed by atoms with Crippen LogP contribution in [-0.2, 0) is 25.6 Å². The molecule has 1 saturated heterocycles. The predicted molar refractivity (Wildman–Crippen MR) is 126 cm³/mol. The molecule has 0 aliphatic carbocycles. The molecule has 6 N–H and O–H groups in total. The Morgan fingerprint density at radius 1 is 1.21 bits per heavy atom. The molecule has 178 valence electrons. The number of thiol groups is 1. The van der Waals surface area contributed by atoms with Crippen LogP contribution in [-0.4, -0.2) is 75.1 Å². The number of aliphatic carboxylic acids is 1. The van der Waals surface area contributed by atoms with Crippen molar-refractivity contribution in [3.05, 3.63) is 36.0 Å². The van der Waals surface area contributed by atoms with Gasteiger partial charge in [-0.3, -0.25) is 14.4 Å². The fraction of sp³-hybridized carbons (Fsp3) is 0.455. The number of aromatic amines is 1. The van der Waals surface area contributed by atoms with Crippen LogP contribution in [0.1, 0.15) is 25.3 Å². The fourth-order valence-electron chi connectivity index (χ4n) is 3.98. The first-order chi connectivity index (χ1) is 15.7. The Bertz CT molecular complexity index is 1040. The molecule has 1 fully saturated rings. The molecule has 33 heavy (non-hydrogen) atoms. The number of likely N-dealkylation sites (tertiary alicyclic amines) is 1. The zero-order valence-electron chi connectivity index (χ0n) is 18.3. The van der Waals surface area contributed by atoms with Gasteiger partial charge in [-0.15, -0.1) is 0 Å². The molecule has 2 aromatic rings. The predicted octanol–water partition coefficient (Wildman–Crippen LogP) is 0.0326. The number of nitrogens with zero attached hydrogens (tertiary/aromatic N) is 1. The van der Waals surface area contributed by atoms with Crippen LogP contribution in [0.5, 0.6) is 0 Å². The van der Waals surface area contributed by atoms with E-state index >= 15 is 0 Å². The number of carboxylic acid groups (broad SMARTS) is 1. The zero-order valence-corrected chi connectivity index (χ0v) is 19.2. The van der Waals surface area contributed by atoms with E-state index in [9.17, 15) is 24.3 Å². The van der Waals surface area contributed by atoms with Crippen LogP contribution in [0.4, 0.5) is 0 Å². The fourth-order valence-corrected chi connectivity index (χ4v) is 4.23. The third-order valence-electron chi connectivity index (χ3n) is 5.76. The summed E-state index contributed by atoms with van der Waals surface area (Å²) in [5, 5.41) is 15.6. The van der Waals surface area contributed by atoms with Crippen LogP contribution in [0, 0.1) is 0 Å². The van der Waals surface area contributed by atoms with Crippen LogP contribution in [0.2, 0.25) is 0 Å². The van der Waals surface area contributed by atoms with E-state index in [1.54, 1.807) is 6.20 Å². The summed E-state index contributed by atoms with van der Waals surface area (Å²) in [6, 6.07) is 3.80. The van der Waals surface area contributed by atoms with E-state index in [1.807, 2.05) is 24.3 Å². The van der Waals surface area contributed by atoms with Gasteiger partial charge in [0.2, 0.25) is 17.7 Å². The summed E-state index contributed by atoms with van der Waals surface area (Å²) in [4.78, 5) is 54.3. The number of carbonyl (C=O) groups excluding carboxylic acids is 3. The van der Waals surface area contributed by atoms with Crippen molar-refractivity contribution >= 4 is 47.2 Å². The summed E-state index contributed by atoms with van der Waals surface area (Å²) < 4.78 is 0. The Kier molecular flexibility index (Phi) is 7.98. The largest absolute Gasteiger partial charge is 0.480 e. The molecular formula is C22H29N5O5S. The van der Waals surface area contributed by atoms with E-state index in [0.29, 0.717) is 19.4 Å². The number of carboxylic acids is 1. The molecule has 3 rings (SSSR count). The molecule has 1 aliphatic heterocycles. The zero-order chi connectivity index (χ0) is 24.1. The van der Waals surface area contributed by atoms with Gasteiger partial charge in [-0.2, -0.15) is 12.6 Å². The van der Waals surface area contributed by atoms with Gasteiger partial charge in [-0.05, 0) is 31.4 Å². The summed E-state index contributed by atoms with van der Waals surface area (Å²) in [6.07, 6.45) is 2.88. The maximum atomic E-state index is 13.2. The lowest BCUT2D eigenvalue weighted by Crippen LogP contribution is -2.58.